The molecular formula is C19H15FN2O3. The Morgan fingerprint density at radius 1 is 1.16 bits per heavy atom. The first-order chi connectivity index (χ1) is 12.1. The number of H-pyrrole nitrogens is 1. The summed E-state index contributed by atoms with van der Waals surface area (Å²) >= 11 is 0. The molecule has 2 aromatic carbocycles. The lowest BCUT2D eigenvalue weighted by atomic mass is 10.1. The van der Waals surface area contributed by atoms with Gasteiger partial charge in [-0.2, -0.15) is 0 Å². The molecule has 3 aromatic rings. The van der Waals surface area contributed by atoms with Crippen molar-refractivity contribution in [1.29, 1.82) is 0 Å². The van der Waals surface area contributed by atoms with Gasteiger partial charge in [-0.05, 0) is 18.2 Å². The van der Waals surface area contributed by atoms with E-state index >= 15 is 0 Å². The summed E-state index contributed by atoms with van der Waals surface area (Å²) in [6.07, 6.45) is 1.44. The van der Waals surface area contributed by atoms with Gasteiger partial charge in [0.1, 0.15) is 12.2 Å². The molecule has 1 aliphatic heterocycles. The van der Waals surface area contributed by atoms with Gasteiger partial charge in [0.15, 0.2) is 11.6 Å². The molecular weight excluding hydrogens is 323 g/mol. The van der Waals surface area contributed by atoms with E-state index in [0.717, 1.165) is 0 Å². The lowest BCUT2D eigenvalue weighted by Crippen LogP contribution is -2.35. The Morgan fingerprint density at radius 3 is 2.88 bits per heavy atom. The first-order valence-corrected chi connectivity index (χ1v) is 7.95. The molecule has 1 aromatic heterocycles. The monoisotopic (exact) mass is 338 g/mol. The van der Waals surface area contributed by atoms with E-state index in [0.29, 0.717) is 16.5 Å². The number of halogens is 1. The lowest BCUT2D eigenvalue weighted by Gasteiger charge is -2.19. The van der Waals surface area contributed by atoms with Crippen LogP contribution in [-0.2, 0) is 6.54 Å². The van der Waals surface area contributed by atoms with Gasteiger partial charge in [0.25, 0.3) is 5.91 Å². The Hall–Kier alpha value is -3.15. The zero-order valence-electron chi connectivity index (χ0n) is 13.3. The van der Waals surface area contributed by atoms with E-state index in [1.54, 1.807) is 30.3 Å². The minimum absolute atomic E-state index is 0.0681. The molecule has 0 saturated heterocycles. The molecule has 1 amide bonds. The summed E-state index contributed by atoms with van der Waals surface area (Å²) in [5, 5.41) is 0.464. The van der Waals surface area contributed by atoms with Crippen molar-refractivity contribution >= 4 is 16.8 Å². The summed E-state index contributed by atoms with van der Waals surface area (Å²) < 4.78 is 19.3. The number of hydrogen-bond acceptors (Lipinski definition) is 3. The van der Waals surface area contributed by atoms with Crippen LogP contribution in [0.2, 0.25) is 0 Å². The van der Waals surface area contributed by atoms with Crippen molar-refractivity contribution in [3.8, 4) is 5.75 Å². The number of aromatic nitrogens is 1. The predicted molar refractivity (Wildman–Crippen MR) is 91.2 cm³/mol. The second kappa shape index (κ2) is 6.05. The van der Waals surface area contributed by atoms with E-state index in [-0.39, 0.29) is 36.4 Å². The summed E-state index contributed by atoms with van der Waals surface area (Å²) in [4.78, 5) is 30.0. The molecule has 126 valence electrons. The van der Waals surface area contributed by atoms with Crippen LogP contribution in [0.25, 0.3) is 10.9 Å². The van der Waals surface area contributed by atoms with Crippen molar-refractivity contribution < 1.29 is 13.9 Å². The number of aromatic amines is 1. The van der Waals surface area contributed by atoms with Crippen LogP contribution in [0.1, 0.15) is 15.9 Å². The van der Waals surface area contributed by atoms with E-state index in [4.69, 9.17) is 4.74 Å². The van der Waals surface area contributed by atoms with Crippen molar-refractivity contribution in [3.05, 3.63) is 75.8 Å². The third-order valence-corrected chi connectivity index (χ3v) is 4.32. The fraction of sp³-hybridized carbons (Fsp3) is 0.158. The first-order valence-electron chi connectivity index (χ1n) is 7.95. The van der Waals surface area contributed by atoms with Crippen LogP contribution in [0.3, 0.4) is 0 Å². The SMILES string of the molecule is O=C(c1c[nH]c2ccccc2c1=O)N1CCOc2c(F)cccc2C1. The van der Waals surface area contributed by atoms with Crippen molar-refractivity contribution in [2.45, 2.75) is 6.54 Å². The zero-order chi connectivity index (χ0) is 17.4. The van der Waals surface area contributed by atoms with Gasteiger partial charge in [0, 0.05) is 29.2 Å². The number of hydrogen-bond donors (Lipinski definition) is 1. The maximum atomic E-state index is 13.9. The molecule has 0 radical (unpaired) electrons. The predicted octanol–water partition coefficient (Wildman–Crippen LogP) is 2.70. The second-order valence-electron chi connectivity index (χ2n) is 5.88. The van der Waals surface area contributed by atoms with Crippen molar-refractivity contribution in [2.75, 3.05) is 13.2 Å². The Morgan fingerprint density at radius 2 is 2.00 bits per heavy atom. The number of nitrogens with one attached hydrogen (secondary N) is 1. The van der Waals surface area contributed by atoms with Gasteiger partial charge in [-0.1, -0.05) is 24.3 Å². The third-order valence-electron chi connectivity index (χ3n) is 4.32. The molecule has 1 aliphatic rings. The Balaban J connectivity index is 1.72. The molecule has 0 atom stereocenters. The number of carbonyl (C=O) groups excluding carboxylic acids is 1. The number of ether oxygens (including phenoxy) is 1. The van der Waals surface area contributed by atoms with Gasteiger partial charge in [-0.15, -0.1) is 0 Å². The van der Waals surface area contributed by atoms with Gasteiger partial charge in [-0.25, -0.2) is 4.39 Å². The summed E-state index contributed by atoms with van der Waals surface area (Å²) in [7, 11) is 0. The molecule has 0 aliphatic carbocycles. The molecule has 2 heterocycles. The van der Waals surface area contributed by atoms with Crippen LogP contribution in [-0.4, -0.2) is 28.9 Å². The van der Waals surface area contributed by atoms with E-state index in [2.05, 4.69) is 4.98 Å². The highest BCUT2D eigenvalue weighted by molar-refractivity contribution is 5.97. The van der Waals surface area contributed by atoms with Gasteiger partial charge in [0.05, 0.1) is 6.54 Å². The van der Waals surface area contributed by atoms with Crippen LogP contribution in [0.5, 0.6) is 5.75 Å². The molecule has 0 unspecified atom stereocenters. The Bertz CT molecular complexity index is 1030. The van der Waals surface area contributed by atoms with Gasteiger partial charge >= 0.3 is 0 Å². The fourth-order valence-corrected chi connectivity index (χ4v) is 3.05. The number of pyridine rings is 1. The highest BCUT2D eigenvalue weighted by Crippen LogP contribution is 2.26. The molecule has 5 nitrogen and oxygen atoms in total. The summed E-state index contributed by atoms with van der Waals surface area (Å²) in [5.74, 6) is -0.673. The number of rotatable bonds is 1. The molecule has 25 heavy (non-hydrogen) atoms. The minimum atomic E-state index is -0.449. The van der Waals surface area contributed by atoms with Gasteiger partial charge in [-0.3, -0.25) is 9.59 Å². The number of benzene rings is 2. The van der Waals surface area contributed by atoms with Crippen LogP contribution in [0, 0.1) is 5.82 Å². The highest BCUT2D eigenvalue weighted by atomic mass is 19.1. The molecule has 0 fully saturated rings. The average molecular weight is 338 g/mol. The third kappa shape index (κ3) is 2.65. The van der Waals surface area contributed by atoms with Crippen molar-refractivity contribution in [3.63, 3.8) is 0 Å². The van der Waals surface area contributed by atoms with E-state index in [1.807, 2.05) is 6.07 Å². The Labute approximate surface area is 142 Å². The molecule has 1 N–H and O–H groups in total. The smallest absolute Gasteiger partial charge is 0.259 e. The summed E-state index contributed by atoms with van der Waals surface area (Å²) in [5.41, 5.74) is 1.02. The van der Waals surface area contributed by atoms with Gasteiger partial charge in [0.2, 0.25) is 5.43 Å². The number of carbonyl (C=O) groups is 1. The lowest BCUT2D eigenvalue weighted by molar-refractivity contribution is 0.0731. The van der Waals surface area contributed by atoms with E-state index in [9.17, 15) is 14.0 Å². The van der Waals surface area contributed by atoms with Crippen molar-refractivity contribution in [1.82, 2.24) is 9.88 Å². The Kier molecular flexibility index (Phi) is 3.72. The highest BCUT2D eigenvalue weighted by Gasteiger charge is 2.24. The average Bonchev–Trinajstić information content (AvgIpc) is 2.85. The zero-order valence-corrected chi connectivity index (χ0v) is 13.3. The van der Waals surface area contributed by atoms with E-state index < -0.39 is 11.7 Å². The quantitative estimate of drug-likeness (QED) is 0.742. The maximum Gasteiger partial charge on any atom is 0.259 e. The van der Waals surface area contributed by atoms with Crippen LogP contribution < -0.4 is 10.2 Å². The summed E-state index contributed by atoms with van der Waals surface area (Å²) in [6, 6.07) is 11.7. The number of amides is 1. The number of para-hydroxylation sites is 2. The fourth-order valence-electron chi connectivity index (χ4n) is 3.05. The molecule has 0 spiro atoms. The topological polar surface area (TPSA) is 62.4 Å². The second-order valence-corrected chi connectivity index (χ2v) is 5.88. The molecule has 0 saturated carbocycles. The largest absolute Gasteiger partial charge is 0.488 e. The summed E-state index contributed by atoms with van der Waals surface area (Å²) in [6.45, 7) is 0.641. The maximum absolute atomic E-state index is 13.9. The van der Waals surface area contributed by atoms with Gasteiger partial charge < -0.3 is 14.6 Å². The minimum Gasteiger partial charge on any atom is -0.488 e. The molecule has 0 bridgehead atoms. The standard InChI is InChI=1S/C19H15FN2O3/c20-15-6-3-4-12-11-22(8-9-25-18(12)15)19(24)14-10-21-16-7-2-1-5-13(16)17(14)23/h1-7,10H,8-9,11H2,(H,21,23). The number of fused-ring (bicyclic) bond motifs is 2. The van der Waals surface area contributed by atoms with E-state index in [1.165, 1.54) is 17.2 Å². The van der Waals surface area contributed by atoms with Crippen LogP contribution in [0.4, 0.5) is 4.39 Å². The normalized spacial score (nSPS) is 13.9. The van der Waals surface area contributed by atoms with Crippen molar-refractivity contribution in [2.24, 2.45) is 0 Å². The van der Waals surface area contributed by atoms with Crippen LogP contribution in [0.15, 0.2) is 53.5 Å². The number of nitrogens with zero attached hydrogens (tertiary/aromatic N) is 1. The molecule has 4 rings (SSSR count). The van der Waals surface area contributed by atoms with Crippen LogP contribution >= 0.6 is 0 Å². The molecule has 6 heteroatoms. The first kappa shape index (κ1) is 15.4.